The van der Waals surface area contributed by atoms with Crippen LogP contribution in [0.15, 0.2) is 23.3 Å². The Balaban J connectivity index is 0.000000246. The van der Waals surface area contributed by atoms with Crippen LogP contribution in [0.5, 0.6) is 0 Å². The topological polar surface area (TPSA) is 253 Å². The lowest BCUT2D eigenvalue weighted by Crippen LogP contribution is -2.25. The minimum Gasteiger partial charge on any atom is -0.358 e. The van der Waals surface area contributed by atoms with Crippen LogP contribution in [0.25, 0.3) is 42.8 Å². The first-order chi connectivity index (χ1) is 23.5. The number of fused-ring (bicyclic) bond motifs is 6. The summed E-state index contributed by atoms with van der Waals surface area (Å²) in [6.45, 7) is 15.6. The van der Waals surface area contributed by atoms with Gasteiger partial charge in [-0.2, -0.15) is 36.8 Å². The standard InChI is InChI=1S/C18N12.C12H7F4N3/c1-23-17-9(5-21)27-13-11-12(26-8(4-20)7(3-19)25-11)14-16(15(13)29-17)30-18(24-2)10(6-22)28-14;1-5(2-17)7-9(13)11(15)8(6(3-18)4-19)12(16)10(7)14/h;5-8H,1H3. The molecule has 230 valence electrons. The van der Waals surface area contributed by atoms with Crippen molar-refractivity contribution in [2.75, 3.05) is 0 Å². The molecule has 0 N–H and O–H groups in total. The third-order valence-electron chi connectivity index (χ3n) is 6.82. The number of hydrogen-bond acceptors (Lipinski definition) is 13. The van der Waals surface area contributed by atoms with E-state index in [4.69, 9.17) is 28.9 Å². The van der Waals surface area contributed by atoms with Gasteiger partial charge in [0.15, 0.2) is 22.8 Å². The highest BCUT2D eigenvalue weighted by Gasteiger charge is 2.45. The molecule has 1 aromatic carbocycles. The minimum absolute atomic E-state index is 0.00714. The predicted molar refractivity (Wildman–Crippen MR) is 152 cm³/mol. The van der Waals surface area contributed by atoms with E-state index >= 15 is 0 Å². The number of allylic oxidation sites excluding steroid dienone is 4. The van der Waals surface area contributed by atoms with E-state index < -0.39 is 47.0 Å². The zero-order valence-corrected chi connectivity index (χ0v) is 24.0. The number of nitrogens with zero attached hydrogens (tertiary/aromatic N) is 15. The fraction of sp³-hybridized carbons (Fsp3) is 0.167. The molecule has 3 aromatic heterocycles. The normalized spacial score (nSPS) is 15.6. The van der Waals surface area contributed by atoms with Gasteiger partial charge in [0.25, 0.3) is 0 Å². The summed E-state index contributed by atoms with van der Waals surface area (Å²) in [6, 6.07) is 11.1. The van der Waals surface area contributed by atoms with Crippen LogP contribution in [0.1, 0.15) is 29.7 Å². The van der Waals surface area contributed by atoms with Gasteiger partial charge in [0.2, 0.25) is 11.0 Å². The third-order valence-corrected chi connectivity index (χ3v) is 6.82. The molecule has 4 aromatic rings. The van der Waals surface area contributed by atoms with Crippen molar-refractivity contribution in [3.05, 3.63) is 68.9 Å². The lowest BCUT2D eigenvalue weighted by molar-refractivity contribution is 0.271. The van der Waals surface area contributed by atoms with Gasteiger partial charge in [0, 0.05) is 0 Å². The molecule has 0 saturated heterocycles. The zero-order chi connectivity index (χ0) is 36.2. The van der Waals surface area contributed by atoms with E-state index in [1.807, 2.05) is 0 Å². The molecule has 0 amide bonds. The second kappa shape index (κ2) is 13.5. The summed E-state index contributed by atoms with van der Waals surface area (Å²) in [5.74, 6) is -14.7. The highest BCUT2D eigenvalue weighted by molar-refractivity contribution is 6.18. The van der Waals surface area contributed by atoms with Crippen molar-refractivity contribution in [1.82, 2.24) is 29.9 Å². The maximum absolute atomic E-state index is 13.7. The monoisotopic (exact) mass is 653 g/mol. The molecule has 0 aliphatic heterocycles. The van der Waals surface area contributed by atoms with Gasteiger partial charge in [0.05, 0.1) is 36.0 Å². The van der Waals surface area contributed by atoms with Crippen molar-refractivity contribution in [2.24, 2.45) is 23.7 Å². The van der Waals surface area contributed by atoms with Gasteiger partial charge in [-0.1, -0.05) is 13.1 Å². The number of aromatic nitrogens is 6. The minimum atomic E-state index is -2.21. The lowest BCUT2D eigenvalue weighted by atomic mass is 9.80. The zero-order valence-electron chi connectivity index (χ0n) is 24.0. The van der Waals surface area contributed by atoms with Crippen molar-refractivity contribution < 1.29 is 17.6 Å². The summed E-state index contributed by atoms with van der Waals surface area (Å²) >= 11 is 0. The van der Waals surface area contributed by atoms with Crippen molar-refractivity contribution in [2.45, 2.75) is 6.92 Å². The fourth-order valence-corrected chi connectivity index (χ4v) is 4.54. The van der Waals surface area contributed by atoms with Crippen LogP contribution in [0, 0.1) is 116 Å². The fourth-order valence-electron chi connectivity index (χ4n) is 4.54. The number of halogens is 4. The Labute approximate surface area is 271 Å². The summed E-state index contributed by atoms with van der Waals surface area (Å²) in [6.07, 6.45) is 0. The Morgan fingerprint density at radius 1 is 0.510 bits per heavy atom. The van der Waals surface area contributed by atoms with Gasteiger partial charge < -0.3 is 9.69 Å². The van der Waals surface area contributed by atoms with E-state index in [1.165, 1.54) is 18.2 Å². The van der Waals surface area contributed by atoms with Crippen LogP contribution in [0.4, 0.5) is 29.2 Å². The summed E-state index contributed by atoms with van der Waals surface area (Å²) < 4.78 is 54.7. The van der Waals surface area contributed by atoms with Gasteiger partial charge in [-0.3, -0.25) is 0 Å². The third kappa shape index (κ3) is 5.50. The Bertz CT molecular complexity index is 2200. The highest BCUT2D eigenvalue weighted by atomic mass is 19.2. The molecular formula is C30H7F4N15. The lowest BCUT2D eigenvalue weighted by Gasteiger charge is -2.26. The number of hydrogen-bond donors (Lipinski definition) is 0. The van der Waals surface area contributed by atoms with Crippen LogP contribution in [0.3, 0.4) is 0 Å². The first kappa shape index (κ1) is 33.7. The summed E-state index contributed by atoms with van der Waals surface area (Å²) in [5.41, 5.74) is -1.19. The number of rotatable bonds is 2. The first-order valence-electron chi connectivity index (χ1n) is 12.9. The SMILES string of the molecule is CC(C#N)C1C(F)=C(F)C(C(C#N)C#N)C(F)=C1F.[C-]#[N+]c1nc2c(nc1C#N)c1nc(C#N)c(C#N)nc1c1nc(C#N)c([N+]#[C-])nc12. The Morgan fingerprint density at radius 2 is 0.816 bits per heavy atom. The van der Waals surface area contributed by atoms with Crippen LogP contribution < -0.4 is 0 Å². The molecule has 0 bridgehead atoms. The second-order valence-corrected chi connectivity index (χ2v) is 9.48. The van der Waals surface area contributed by atoms with Crippen molar-refractivity contribution in [3.8, 4) is 42.5 Å². The Kier molecular flexibility index (Phi) is 9.27. The molecule has 0 fully saturated rings. The molecule has 0 saturated carbocycles. The molecule has 0 spiro atoms. The molecule has 3 heterocycles. The molecule has 49 heavy (non-hydrogen) atoms. The van der Waals surface area contributed by atoms with Gasteiger partial charge in [-0.25, -0.2) is 37.5 Å². The maximum atomic E-state index is 13.7. The summed E-state index contributed by atoms with van der Waals surface area (Å²) in [4.78, 5) is 31.1. The molecule has 1 aliphatic carbocycles. The number of nitriles is 7. The van der Waals surface area contributed by atoms with Gasteiger partial charge >= 0.3 is 11.6 Å². The largest absolute Gasteiger partial charge is 0.358 e. The quantitative estimate of drug-likeness (QED) is 0.148. The highest BCUT2D eigenvalue weighted by Crippen LogP contribution is 2.46. The van der Waals surface area contributed by atoms with E-state index in [0.717, 1.165) is 6.92 Å². The maximum Gasteiger partial charge on any atom is 0.307 e. The van der Waals surface area contributed by atoms with Gasteiger partial charge in [-0.15, -0.1) is 9.97 Å². The van der Waals surface area contributed by atoms with E-state index in [0.29, 0.717) is 0 Å². The average molecular weight is 653 g/mol. The van der Waals surface area contributed by atoms with Gasteiger partial charge in [0.1, 0.15) is 75.6 Å². The number of benzene rings is 1. The van der Waals surface area contributed by atoms with Gasteiger partial charge in [-0.05, 0) is 6.92 Å². The van der Waals surface area contributed by atoms with E-state index in [9.17, 15) is 38.6 Å². The van der Waals surface area contributed by atoms with Crippen LogP contribution >= 0.6 is 0 Å². The van der Waals surface area contributed by atoms with Crippen LogP contribution in [-0.2, 0) is 0 Å². The first-order valence-corrected chi connectivity index (χ1v) is 12.9. The molecular weight excluding hydrogens is 646 g/mol. The molecule has 0 radical (unpaired) electrons. The second-order valence-electron chi connectivity index (χ2n) is 9.48. The van der Waals surface area contributed by atoms with E-state index in [-0.39, 0.29) is 67.5 Å². The smallest absolute Gasteiger partial charge is 0.307 e. The van der Waals surface area contributed by atoms with Crippen molar-refractivity contribution >= 4 is 44.7 Å². The van der Waals surface area contributed by atoms with Crippen LogP contribution in [-0.4, -0.2) is 29.9 Å². The Morgan fingerprint density at radius 3 is 1.10 bits per heavy atom. The molecule has 1 aliphatic rings. The van der Waals surface area contributed by atoms with Crippen molar-refractivity contribution in [1.29, 1.82) is 36.8 Å². The molecule has 1 atom stereocenters. The predicted octanol–water partition coefficient (Wildman–Crippen LogP) is 5.46. The Hall–Kier alpha value is -8.15. The van der Waals surface area contributed by atoms with E-state index in [1.54, 1.807) is 24.3 Å². The molecule has 15 nitrogen and oxygen atoms in total. The molecule has 1 unspecified atom stereocenters. The summed E-state index contributed by atoms with van der Waals surface area (Å²) in [7, 11) is 0. The van der Waals surface area contributed by atoms with Crippen LogP contribution in [0.2, 0.25) is 0 Å². The van der Waals surface area contributed by atoms with E-state index in [2.05, 4.69) is 39.6 Å². The molecule has 5 rings (SSSR count). The molecule has 19 heteroatoms. The van der Waals surface area contributed by atoms with Crippen molar-refractivity contribution in [3.63, 3.8) is 0 Å². The summed E-state index contributed by atoms with van der Waals surface area (Å²) in [5, 5.41) is 62.9. The average Bonchev–Trinajstić information content (AvgIpc) is 3.14.